The standard InChI is InChI=1S/C19H22ClFO/c1-13-10-11-16(20)18(17(13)21)22-12-15(19(2,3)4)14-8-6-5-7-9-14/h5-11,15H,12H2,1-4H3. The van der Waals surface area contributed by atoms with Crippen LogP contribution in [0.5, 0.6) is 5.75 Å². The van der Waals surface area contributed by atoms with E-state index < -0.39 is 0 Å². The van der Waals surface area contributed by atoms with Gasteiger partial charge in [0.1, 0.15) is 0 Å². The summed E-state index contributed by atoms with van der Waals surface area (Å²) < 4.78 is 20.0. The van der Waals surface area contributed by atoms with Gasteiger partial charge < -0.3 is 4.74 Å². The Labute approximate surface area is 137 Å². The summed E-state index contributed by atoms with van der Waals surface area (Å²) in [5.41, 5.74) is 1.71. The van der Waals surface area contributed by atoms with E-state index in [0.717, 1.165) is 0 Å². The molecule has 0 spiro atoms. The Morgan fingerprint density at radius 2 is 1.73 bits per heavy atom. The Morgan fingerprint density at radius 1 is 1.09 bits per heavy atom. The van der Waals surface area contributed by atoms with Crippen LogP contribution in [-0.4, -0.2) is 6.61 Å². The van der Waals surface area contributed by atoms with Gasteiger partial charge in [-0.25, -0.2) is 4.39 Å². The van der Waals surface area contributed by atoms with E-state index in [9.17, 15) is 4.39 Å². The van der Waals surface area contributed by atoms with Crippen molar-refractivity contribution in [2.24, 2.45) is 5.41 Å². The van der Waals surface area contributed by atoms with Crippen LogP contribution in [0.4, 0.5) is 4.39 Å². The summed E-state index contributed by atoms with van der Waals surface area (Å²) in [6.07, 6.45) is 0. The molecule has 3 heteroatoms. The van der Waals surface area contributed by atoms with Gasteiger partial charge in [0.15, 0.2) is 11.6 Å². The van der Waals surface area contributed by atoms with Crippen molar-refractivity contribution < 1.29 is 9.13 Å². The van der Waals surface area contributed by atoms with Crippen molar-refractivity contribution in [1.82, 2.24) is 0 Å². The number of benzene rings is 2. The minimum Gasteiger partial charge on any atom is -0.488 e. The molecule has 2 aromatic rings. The maximum atomic E-state index is 14.2. The van der Waals surface area contributed by atoms with Gasteiger partial charge in [-0.05, 0) is 29.5 Å². The predicted octanol–water partition coefficient (Wildman–Crippen LogP) is 6.00. The molecule has 0 N–H and O–H groups in total. The van der Waals surface area contributed by atoms with Gasteiger partial charge in [0, 0.05) is 5.92 Å². The SMILES string of the molecule is Cc1ccc(Cl)c(OCC(c2ccccc2)C(C)(C)C)c1F. The topological polar surface area (TPSA) is 9.23 Å². The second-order valence-corrected chi connectivity index (χ2v) is 7.05. The Bertz CT molecular complexity index is 632. The molecule has 2 aromatic carbocycles. The van der Waals surface area contributed by atoms with Crippen LogP contribution in [0.1, 0.15) is 37.8 Å². The highest BCUT2D eigenvalue weighted by Gasteiger charge is 2.27. The predicted molar refractivity (Wildman–Crippen MR) is 90.3 cm³/mol. The third-order valence-electron chi connectivity index (χ3n) is 3.88. The molecule has 0 heterocycles. The van der Waals surface area contributed by atoms with E-state index in [-0.39, 0.29) is 22.9 Å². The molecule has 0 aromatic heterocycles. The molecule has 0 radical (unpaired) electrons. The lowest BCUT2D eigenvalue weighted by Gasteiger charge is -2.31. The van der Waals surface area contributed by atoms with Crippen LogP contribution in [0, 0.1) is 18.2 Å². The second kappa shape index (κ2) is 6.70. The van der Waals surface area contributed by atoms with Gasteiger partial charge in [-0.1, -0.05) is 68.8 Å². The summed E-state index contributed by atoms with van der Waals surface area (Å²) in [6, 6.07) is 13.5. The van der Waals surface area contributed by atoms with Gasteiger partial charge in [-0.2, -0.15) is 0 Å². The van der Waals surface area contributed by atoms with Gasteiger partial charge in [0.25, 0.3) is 0 Å². The maximum absolute atomic E-state index is 14.2. The summed E-state index contributed by atoms with van der Waals surface area (Å²) in [6.45, 7) is 8.55. The lowest BCUT2D eigenvalue weighted by atomic mass is 9.77. The van der Waals surface area contributed by atoms with Gasteiger partial charge in [0.2, 0.25) is 0 Å². The van der Waals surface area contributed by atoms with Crippen molar-refractivity contribution in [2.45, 2.75) is 33.6 Å². The van der Waals surface area contributed by atoms with Crippen molar-refractivity contribution in [3.63, 3.8) is 0 Å². The highest BCUT2D eigenvalue weighted by atomic mass is 35.5. The molecule has 22 heavy (non-hydrogen) atoms. The Hall–Kier alpha value is -1.54. The van der Waals surface area contributed by atoms with Crippen LogP contribution in [-0.2, 0) is 0 Å². The third-order valence-corrected chi connectivity index (χ3v) is 4.18. The summed E-state index contributed by atoms with van der Waals surface area (Å²) in [5.74, 6) is -0.0928. The van der Waals surface area contributed by atoms with Crippen molar-refractivity contribution in [2.75, 3.05) is 6.61 Å². The van der Waals surface area contributed by atoms with Crippen LogP contribution < -0.4 is 4.74 Å². The first-order valence-electron chi connectivity index (χ1n) is 7.43. The minimum atomic E-state index is -0.381. The molecule has 1 nitrogen and oxygen atoms in total. The normalized spacial score (nSPS) is 13.0. The number of aryl methyl sites for hydroxylation is 1. The average molecular weight is 321 g/mol. The van der Waals surface area contributed by atoms with E-state index in [2.05, 4.69) is 32.9 Å². The zero-order valence-corrected chi connectivity index (χ0v) is 14.2. The van der Waals surface area contributed by atoms with Crippen molar-refractivity contribution in [1.29, 1.82) is 0 Å². The summed E-state index contributed by atoms with van der Waals surface area (Å²) in [5, 5.41) is 0.309. The van der Waals surface area contributed by atoms with Crippen molar-refractivity contribution in [3.8, 4) is 5.75 Å². The summed E-state index contributed by atoms with van der Waals surface area (Å²) in [7, 11) is 0. The van der Waals surface area contributed by atoms with E-state index in [0.29, 0.717) is 17.2 Å². The van der Waals surface area contributed by atoms with Crippen LogP contribution >= 0.6 is 11.6 Å². The molecule has 118 valence electrons. The minimum absolute atomic E-state index is 0.00582. The highest BCUT2D eigenvalue weighted by Crippen LogP contribution is 2.37. The van der Waals surface area contributed by atoms with Crippen molar-refractivity contribution in [3.05, 3.63) is 64.4 Å². The fraction of sp³-hybridized carbons (Fsp3) is 0.368. The molecular weight excluding hydrogens is 299 g/mol. The molecule has 1 unspecified atom stereocenters. The zero-order valence-electron chi connectivity index (χ0n) is 13.5. The number of hydrogen-bond donors (Lipinski definition) is 0. The number of hydrogen-bond acceptors (Lipinski definition) is 1. The molecular formula is C19H22ClFO. The molecule has 2 rings (SSSR count). The lowest BCUT2D eigenvalue weighted by Crippen LogP contribution is -2.25. The zero-order chi connectivity index (χ0) is 16.3. The number of ether oxygens (including phenoxy) is 1. The molecule has 0 aliphatic heterocycles. The van der Waals surface area contributed by atoms with E-state index in [1.807, 2.05) is 18.2 Å². The third kappa shape index (κ3) is 3.80. The number of rotatable bonds is 4. The average Bonchev–Trinajstić information content (AvgIpc) is 2.46. The monoisotopic (exact) mass is 320 g/mol. The van der Waals surface area contributed by atoms with E-state index in [1.165, 1.54) is 5.56 Å². The molecule has 0 amide bonds. The quantitative estimate of drug-likeness (QED) is 0.671. The number of halogens is 2. The van der Waals surface area contributed by atoms with Gasteiger partial charge in [-0.3, -0.25) is 0 Å². The fourth-order valence-corrected chi connectivity index (χ4v) is 2.66. The molecule has 0 aliphatic carbocycles. The van der Waals surface area contributed by atoms with E-state index in [4.69, 9.17) is 16.3 Å². The fourth-order valence-electron chi connectivity index (χ4n) is 2.46. The van der Waals surface area contributed by atoms with Crippen molar-refractivity contribution >= 4 is 11.6 Å². The van der Waals surface area contributed by atoms with Crippen LogP contribution in [0.25, 0.3) is 0 Å². The second-order valence-electron chi connectivity index (χ2n) is 6.65. The molecule has 1 atom stereocenters. The Morgan fingerprint density at radius 3 is 2.32 bits per heavy atom. The van der Waals surface area contributed by atoms with Crippen LogP contribution in [0.2, 0.25) is 5.02 Å². The van der Waals surface area contributed by atoms with E-state index >= 15 is 0 Å². The maximum Gasteiger partial charge on any atom is 0.173 e. The van der Waals surface area contributed by atoms with Crippen LogP contribution in [0.15, 0.2) is 42.5 Å². The van der Waals surface area contributed by atoms with Gasteiger partial charge >= 0.3 is 0 Å². The Kier molecular flexibility index (Phi) is 5.12. The van der Waals surface area contributed by atoms with Crippen LogP contribution in [0.3, 0.4) is 0 Å². The molecule has 0 bridgehead atoms. The first-order valence-corrected chi connectivity index (χ1v) is 7.81. The molecule has 0 fully saturated rings. The Balaban J connectivity index is 2.26. The van der Waals surface area contributed by atoms with Gasteiger partial charge in [0.05, 0.1) is 11.6 Å². The largest absolute Gasteiger partial charge is 0.488 e. The molecule has 0 saturated carbocycles. The first kappa shape index (κ1) is 16.8. The smallest absolute Gasteiger partial charge is 0.173 e. The summed E-state index contributed by atoms with van der Waals surface area (Å²) in [4.78, 5) is 0. The highest BCUT2D eigenvalue weighted by molar-refractivity contribution is 6.32. The molecule has 0 saturated heterocycles. The summed E-state index contributed by atoms with van der Waals surface area (Å²) >= 11 is 6.08. The molecule has 0 aliphatic rings. The lowest BCUT2D eigenvalue weighted by molar-refractivity contribution is 0.197. The first-order chi connectivity index (χ1) is 10.3. The van der Waals surface area contributed by atoms with Gasteiger partial charge in [-0.15, -0.1) is 0 Å². The van der Waals surface area contributed by atoms with E-state index in [1.54, 1.807) is 19.1 Å².